The average molecular weight is 536 g/mol. The van der Waals surface area contributed by atoms with E-state index in [2.05, 4.69) is 52.1 Å². The van der Waals surface area contributed by atoms with Gasteiger partial charge in [-0.05, 0) is 100 Å². The summed E-state index contributed by atoms with van der Waals surface area (Å²) in [4.78, 5) is 13.7. The zero-order valence-electron chi connectivity index (χ0n) is 24.7. The first-order valence-electron chi connectivity index (χ1n) is 15.6. The SMILES string of the molecule is CCCCCCC(C)(C)c1cc(O)c2c(c1)OC(C)(C)[C@@H]1CC=C(C(=O)NC34CC5CC(O)(CC5C3)C4)C[C@@H]21. The van der Waals surface area contributed by atoms with Gasteiger partial charge >= 0.3 is 0 Å². The van der Waals surface area contributed by atoms with Gasteiger partial charge in [0.25, 0.3) is 0 Å². The summed E-state index contributed by atoms with van der Waals surface area (Å²) in [6, 6.07) is 4.12. The Hall–Kier alpha value is -2.01. The minimum absolute atomic E-state index is 0.0224. The molecule has 1 heterocycles. The van der Waals surface area contributed by atoms with E-state index in [1.54, 1.807) is 0 Å². The van der Waals surface area contributed by atoms with Gasteiger partial charge in [-0.1, -0.05) is 52.5 Å². The van der Waals surface area contributed by atoms with E-state index in [0.29, 0.717) is 30.4 Å². The fraction of sp³-hybridized carbons (Fsp3) is 0.735. The highest BCUT2D eigenvalue weighted by atomic mass is 16.5. The molecular weight excluding hydrogens is 486 g/mol. The van der Waals surface area contributed by atoms with E-state index in [-0.39, 0.29) is 28.7 Å². The van der Waals surface area contributed by atoms with E-state index < -0.39 is 11.2 Å². The van der Waals surface area contributed by atoms with Crippen molar-refractivity contribution in [1.29, 1.82) is 0 Å². The van der Waals surface area contributed by atoms with Gasteiger partial charge in [-0.15, -0.1) is 0 Å². The Balaban J connectivity index is 1.23. The number of benzene rings is 1. The Kier molecular flexibility index (Phi) is 6.45. The normalized spacial score (nSPS) is 35.7. The van der Waals surface area contributed by atoms with Crippen molar-refractivity contribution in [2.24, 2.45) is 17.8 Å². The number of hydrogen-bond acceptors (Lipinski definition) is 4. The molecule has 6 aliphatic rings. The molecule has 4 saturated carbocycles. The molecule has 1 aromatic carbocycles. The minimum Gasteiger partial charge on any atom is -0.508 e. The minimum atomic E-state index is -0.581. The largest absolute Gasteiger partial charge is 0.508 e. The number of hydrogen-bond donors (Lipinski definition) is 3. The van der Waals surface area contributed by atoms with Crippen LogP contribution in [0.3, 0.4) is 0 Å². The molecule has 214 valence electrons. The Labute approximate surface area is 234 Å². The molecule has 0 spiro atoms. The van der Waals surface area contributed by atoms with E-state index in [9.17, 15) is 15.0 Å². The third-order valence-corrected chi connectivity index (χ3v) is 11.3. The van der Waals surface area contributed by atoms with Crippen molar-refractivity contribution in [2.45, 2.75) is 140 Å². The molecule has 4 fully saturated rings. The number of amides is 1. The van der Waals surface area contributed by atoms with E-state index in [4.69, 9.17) is 4.74 Å². The topological polar surface area (TPSA) is 78.8 Å². The van der Waals surface area contributed by atoms with Crippen LogP contribution >= 0.6 is 0 Å². The molecule has 4 atom stereocenters. The lowest BCUT2D eigenvalue weighted by Crippen LogP contribution is -2.56. The number of ether oxygens (including phenoxy) is 1. The Morgan fingerprint density at radius 2 is 1.82 bits per heavy atom. The predicted octanol–water partition coefficient (Wildman–Crippen LogP) is 7.04. The molecule has 5 aliphatic carbocycles. The van der Waals surface area contributed by atoms with Gasteiger partial charge in [-0.3, -0.25) is 4.79 Å². The van der Waals surface area contributed by atoms with Crippen LogP contribution in [0.15, 0.2) is 23.8 Å². The first-order valence-corrected chi connectivity index (χ1v) is 15.6. The Bertz CT molecular complexity index is 1170. The van der Waals surface area contributed by atoms with Gasteiger partial charge < -0.3 is 20.3 Å². The lowest BCUT2D eigenvalue weighted by Gasteiger charge is -2.48. The summed E-state index contributed by atoms with van der Waals surface area (Å²) in [5.74, 6) is 2.45. The summed E-state index contributed by atoms with van der Waals surface area (Å²) in [6.45, 7) is 11.1. The second-order valence-electron chi connectivity index (χ2n) is 15.2. The molecule has 0 aromatic heterocycles. The van der Waals surface area contributed by atoms with Crippen LogP contribution in [0, 0.1) is 17.8 Å². The first kappa shape index (κ1) is 27.2. The third-order valence-electron chi connectivity index (χ3n) is 11.3. The molecule has 3 N–H and O–H groups in total. The van der Waals surface area contributed by atoms with Crippen LogP contribution in [0.2, 0.25) is 0 Å². The Morgan fingerprint density at radius 1 is 1.10 bits per heavy atom. The maximum absolute atomic E-state index is 13.7. The van der Waals surface area contributed by atoms with E-state index in [1.807, 2.05) is 6.07 Å². The van der Waals surface area contributed by atoms with Crippen molar-refractivity contribution in [2.75, 3.05) is 0 Å². The fourth-order valence-corrected chi connectivity index (χ4v) is 9.45. The van der Waals surface area contributed by atoms with Crippen molar-refractivity contribution < 1.29 is 19.7 Å². The van der Waals surface area contributed by atoms with Crippen molar-refractivity contribution in [3.8, 4) is 11.5 Å². The summed E-state index contributed by atoms with van der Waals surface area (Å²) in [7, 11) is 0. The lowest BCUT2D eigenvalue weighted by atomic mass is 9.66. The molecule has 1 amide bonds. The number of phenols is 1. The van der Waals surface area contributed by atoms with E-state index in [0.717, 1.165) is 61.0 Å². The maximum Gasteiger partial charge on any atom is 0.247 e. The van der Waals surface area contributed by atoms with Crippen LogP contribution in [-0.2, 0) is 10.2 Å². The number of nitrogens with one attached hydrogen (secondary N) is 1. The second kappa shape index (κ2) is 9.26. The second-order valence-corrected chi connectivity index (χ2v) is 15.2. The molecule has 0 radical (unpaired) electrons. The number of carbonyl (C=O) groups is 1. The van der Waals surface area contributed by atoms with Crippen LogP contribution in [0.1, 0.15) is 129 Å². The zero-order chi connectivity index (χ0) is 27.8. The van der Waals surface area contributed by atoms with Gasteiger partial charge in [0.05, 0.1) is 5.60 Å². The molecule has 7 rings (SSSR count). The molecule has 5 nitrogen and oxygen atoms in total. The third kappa shape index (κ3) is 4.71. The summed E-state index contributed by atoms with van der Waals surface area (Å²) >= 11 is 0. The molecule has 1 aliphatic heterocycles. The fourth-order valence-electron chi connectivity index (χ4n) is 9.45. The van der Waals surface area contributed by atoms with Gasteiger partial charge in [0.1, 0.15) is 17.1 Å². The number of unbranched alkanes of at least 4 members (excludes halogenated alkanes) is 3. The van der Waals surface area contributed by atoms with Gasteiger partial charge in [-0.2, -0.15) is 0 Å². The quantitative estimate of drug-likeness (QED) is 0.312. The van der Waals surface area contributed by atoms with E-state index in [1.165, 1.54) is 25.7 Å². The smallest absolute Gasteiger partial charge is 0.247 e. The van der Waals surface area contributed by atoms with Crippen molar-refractivity contribution in [3.05, 3.63) is 34.9 Å². The van der Waals surface area contributed by atoms with Crippen LogP contribution < -0.4 is 10.1 Å². The van der Waals surface area contributed by atoms with Crippen molar-refractivity contribution in [3.63, 3.8) is 0 Å². The molecule has 1 aromatic rings. The molecule has 39 heavy (non-hydrogen) atoms. The Morgan fingerprint density at radius 3 is 2.49 bits per heavy atom. The lowest BCUT2D eigenvalue weighted by molar-refractivity contribution is -0.122. The molecule has 5 heteroatoms. The van der Waals surface area contributed by atoms with Gasteiger partial charge in [-0.25, -0.2) is 0 Å². The highest BCUT2D eigenvalue weighted by Crippen LogP contribution is 2.62. The van der Waals surface area contributed by atoms with Crippen LogP contribution in [0.4, 0.5) is 0 Å². The first-order chi connectivity index (χ1) is 18.3. The molecule has 4 bridgehead atoms. The van der Waals surface area contributed by atoms with Gasteiger partial charge in [0.15, 0.2) is 0 Å². The number of phenolic OH excluding ortho intramolecular Hbond substituents is 1. The number of aromatic hydroxyl groups is 1. The molecule has 0 saturated heterocycles. The number of carbonyl (C=O) groups excluding carboxylic acids is 1. The standard InChI is InChI=1S/C34H49NO4/c1-6-7-8-9-12-31(2,3)24-14-27(36)29-25-13-21(10-11-26(25)32(4,5)39-28(29)15-24)30(37)35-33-16-22-18-34(38,20-33)19-23(22)17-33/h10,14-15,22-23,25-26,36,38H,6-9,11-13,16-20H2,1-5H3,(H,35,37)/t22?,23?,25-,26-,33?,34?/m1/s1. The monoisotopic (exact) mass is 535 g/mol. The number of rotatable bonds is 8. The molecular formula is C34H49NO4. The summed E-state index contributed by atoms with van der Waals surface area (Å²) < 4.78 is 6.61. The highest BCUT2D eigenvalue weighted by Gasteiger charge is 2.62. The van der Waals surface area contributed by atoms with Crippen LogP contribution in [-0.4, -0.2) is 32.9 Å². The number of aliphatic hydroxyl groups is 1. The highest BCUT2D eigenvalue weighted by molar-refractivity contribution is 5.94. The van der Waals surface area contributed by atoms with Crippen LogP contribution in [0.5, 0.6) is 11.5 Å². The average Bonchev–Trinajstić information content (AvgIpc) is 3.22. The van der Waals surface area contributed by atoms with Crippen molar-refractivity contribution in [1.82, 2.24) is 5.32 Å². The van der Waals surface area contributed by atoms with Gasteiger partial charge in [0, 0.05) is 28.5 Å². The summed E-state index contributed by atoms with van der Waals surface area (Å²) in [6.07, 6.45) is 14.0. The number of fused-ring (bicyclic) bond motifs is 3. The number of allylic oxidation sites excluding steroid dienone is 1. The van der Waals surface area contributed by atoms with Crippen molar-refractivity contribution >= 4 is 5.91 Å². The predicted molar refractivity (Wildman–Crippen MR) is 154 cm³/mol. The van der Waals surface area contributed by atoms with Crippen LogP contribution in [0.25, 0.3) is 0 Å². The summed E-state index contributed by atoms with van der Waals surface area (Å²) in [5, 5.41) is 25.9. The summed E-state index contributed by atoms with van der Waals surface area (Å²) in [5.41, 5.74) is 1.55. The molecule has 2 unspecified atom stereocenters. The maximum atomic E-state index is 13.7. The zero-order valence-corrected chi connectivity index (χ0v) is 24.7. The van der Waals surface area contributed by atoms with Gasteiger partial charge in [0.2, 0.25) is 5.91 Å². The van der Waals surface area contributed by atoms with E-state index >= 15 is 0 Å².